The molecule has 48 heavy (non-hydrogen) atoms. The maximum absolute atomic E-state index is 13.0. The summed E-state index contributed by atoms with van der Waals surface area (Å²) in [6.07, 6.45) is -0.552. The van der Waals surface area contributed by atoms with Crippen LogP contribution in [-0.4, -0.2) is 146 Å². The van der Waals surface area contributed by atoms with Gasteiger partial charge in [-0.1, -0.05) is 31.0 Å². The second-order valence-corrected chi connectivity index (χ2v) is 11.8. The topological polar surface area (TPSA) is 223 Å². The number of aliphatic hydroxyl groups is 4. The number of carbonyl (C=O) groups excluding carboxylic acids is 1. The molecule has 1 heterocycles. The van der Waals surface area contributed by atoms with Crippen molar-refractivity contribution in [3.8, 4) is 5.75 Å². The van der Waals surface area contributed by atoms with Crippen molar-refractivity contribution in [2.45, 2.75) is 88.1 Å². The molecular weight excluding hydrogens is 626 g/mol. The molecule has 2 rings (SSSR count). The first-order valence-electron chi connectivity index (χ1n) is 17.3. The summed E-state index contributed by atoms with van der Waals surface area (Å²) in [4.78, 5) is 23.6. The predicted molar refractivity (Wildman–Crippen MR) is 180 cm³/mol. The van der Waals surface area contributed by atoms with Crippen LogP contribution in [0.3, 0.4) is 0 Å². The van der Waals surface area contributed by atoms with Crippen LogP contribution in [0.25, 0.3) is 0 Å². The number of unbranched alkanes of at least 4 members (excludes halogenated alkanes) is 3. The lowest BCUT2D eigenvalue weighted by Gasteiger charge is -2.39. The summed E-state index contributed by atoms with van der Waals surface area (Å²) in [6.45, 7) is 5.55. The van der Waals surface area contributed by atoms with Gasteiger partial charge in [0.25, 0.3) is 0 Å². The van der Waals surface area contributed by atoms with Crippen LogP contribution in [0.4, 0.5) is 0 Å². The Morgan fingerprint density at radius 3 is 2.15 bits per heavy atom. The van der Waals surface area contributed by atoms with Gasteiger partial charge in [0.2, 0.25) is 5.91 Å². The molecule has 6 atom stereocenters. The standard InChI is InChI=1S/C33H59N5O10/c39-24-27-29(42)30(43)31(44)33(48-27)47-23-21-38-32(45)26(37-19-18-36-20-22-46-25-10-3-1-4-11-25)12-6-8-15-35-17-9-16-34-14-7-2-5-13-28(40)41/h1,3-4,10-11,26-27,29-31,33-37,39,42-44H,2,5-9,12-24H2,(H,38,45)(H,40,41)/t26?,27-,29-,30+,31+,33+/m1/s1. The average molecular weight is 686 g/mol. The number of para-hydroxylation sites is 1. The summed E-state index contributed by atoms with van der Waals surface area (Å²) in [5.41, 5.74) is 0. The highest BCUT2D eigenvalue weighted by atomic mass is 16.7. The van der Waals surface area contributed by atoms with E-state index in [9.17, 15) is 30.0 Å². The lowest BCUT2D eigenvalue weighted by molar-refractivity contribution is -0.300. The molecule has 1 saturated heterocycles. The summed E-state index contributed by atoms with van der Waals surface area (Å²) in [5.74, 6) is -0.101. The van der Waals surface area contributed by atoms with Crippen LogP contribution in [0.2, 0.25) is 0 Å². The number of benzene rings is 1. The number of carboxylic acids is 1. The first-order valence-corrected chi connectivity index (χ1v) is 17.3. The van der Waals surface area contributed by atoms with E-state index >= 15 is 0 Å². The zero-order valence-corrected chi connectivity index (χ0v) is 28.1. The Morgan fingerprint density at radius 2 is 1.44 bits per heavy atom. The summed E-state index contributed by atoms with van der Waals surface area (Å²) < 4.78 is 16.5. The third-order valence-electron chi connectivity index (χ3n) is 7.88. The lowest BCUT2D eigenvalue weighted by Crippen LogP contribution is -2.59. The van der Waals surface area contributed by atoms with E-state index in [0.29, 0.717) is 32.7 Å². The fourth-order valence-corrected chi connectivity index (χ4v) is 5.11. The van der Waals surface area contributed by atoms with Gasteiger partial charge < -0.3 is 66.3 Å². The van der Waals surface area contributed by atoms with Crippen LogP contribution in [0.1, 0.15) is 51.4 Å². The average Bonchev–Trinajstić information content (AvgIpc) is 3.08. The number of nitrogens with one attached hydrogen (secondary N) is 5. The van der Waals surface area contributed by atoms with Gasteiger partial charge in [-0.2, -0.15) is 0 Å². The maximum atomic E-state index is 13.0. The van der Waals surface area contributed by atoms with Crippen LogP contribution in [0.5, 0.6) is 5.75 Å². The highest BCUT2D eigenvalue weighted by Gasteiger charge is 2.43. The molecule has 0 radical (unpaired) electrons. The number of amides is 1. The highest BCUT2D eigenvalue weighted by Crippen LogP contribution is 2.21. The second-order valence-electron chi connectivity index (χ2n) is 11.8. The molecule has 1 aliphatic heterocycles. The molecule has 0 spiro atoms. The van der Waals surface area contributed by atoms with Crippen LogP contribution in [-0.2, 0) is 19.1 Å². The quantitative estimate of drug-likeness (QED) is 0.0454. The normalized spacial score (nSPS) is 21.5. The van der Waals surface area contributed by atoms with Gasteiger partial charge in [-0.05, 0) is 70.4 Å². The fraction of sp³-hybridized carbons (Fsp3) is 0.758. The van der Waals surface area contributed by atoms with E-state index in [1.165, 1.54) is 0 Å². The Morgan fingerprint density at radius 1 is 0.750 bits per heavy atom. The zero-order chi connectivity index (χ0) is 34.8. The molecule has 1 fully saturated rings. The molecule has 1 amide bonds. The minimum atomic E-state index is -1.53. The van der Waals surface area contributed by atoms with Gasteiger partial charge in [0.15, 0.2) is 6.29 Å². The summed E-state index contributed by atoms with van der Waals surface area (Å²) in [5, 5.41) is 64.3. The van der Waals surface area contributed by atoms with Gasteiger partial charge in [-0.3, -0.25) is 9.59 Å². The van der Waals surface area contributed by atoms with Gasteiger partial charge in [-0.15, -0.1) is 0 Å². The first kappa shape index (κ1) is 41.7. The summed E-state index contributed by atoms with van der Waals surface area (Å²) in [6, 6.07) is 9.18. The Balaban J connectivity index is 1.63. The van der Waals surface area contributed by atoms with E-state index in [1.807, 2.05) is 30.3 Å². The molecule has 1 unspecified atom stereocenters. The number of carboxylic acid groups (broad SMARTS) is 1. The van der Waals surface area contributed by atoms with Crippen molar-refractivity contribution in [3.63, 3.8) is 0 Å². The van der Waals surface area contributed by atoms with Gasteiger partial charge >= 0.3 is 5.97 Å². The fourth-order valence-electron chi connectivity index (χ4n) is 5.11. The Hall–Kier alpha value is -2.44. The van der Waals surface area contributed by atoms with Crippen molar-refractivity contribution in [1.82, 2.24) is 26.6 Å². The van der Waals surface area contributed by atoms with E-state index in [4.69, 9.17) is 19.3 Å². The number of ether oxygens (including phenoxy) is 3. The van der Waals surface area contributed by atoms with Crippen molar-refractivity contribution in [3.05, 3.63) is 30.3 Å². The van der Waals surface area contributed by atoms with E-state index in [0.717, 1.165) is 70.5 Å². The van der Waals surface area contributed by atoms with E-state index in [2.05, 4.69) is 26.6 Å². The van der Waals surface area contributed by atoms with Crippen molar-refractivity contribution in [2.75, 3.05) is 72.2 Å². The number of hydrogen-bond donors (Lipinski definition) is 10. The molecule has 276 valence electrons. The van der Waals surface area contributed by atoms with Gasteiger partial charge in [0.1, 0.15) is 36.8 Å². The predicted octanol–water partition coefficient (Wildman–Crippen LogP) is -1.07. The van der Waals surface area contributed by atoms with Crippen molar-refractivity contribution >= 4 is 11.9 Å². The van der Waals surface area contributed by atoms with Crippen molar-refractivity contribution in [2.24, 2.45) is 0 Å². The zero-order valence-electron chi connectivity index (χ0n) is 28.1. The Kier molecular flexibility index (Phi) is 23.0. The molecule has 0 aromatic heterocycles. The largest absolute Gasteiger partial charge is 0.492 e. The number of rotatable bonds is 29. The second kappa shape index (κ2) is 26.4. The number of carbonyl (C=O) groups is 2. The molecule has 0 saturated carbocycles. The Bertz CT molecular complexity index is 964. The molecule has 10 N–H and O–H groups in total. The summed E-state index contributed by atoms with van der Waals surface area (Å²) >= 11 is 0. The van der Waals surface area contributed by atoms with Gasteiger partial charge in [0.05, 0.1) is 19.3 Å². The number of aliphatic carboxylic acids is 1. The monoisotopic (exact) mass is 685 g/mol. The molecular formula is C33H59N5O10. The van der Waals surface area contributed by atoms with Gasteiger partial charge in [0, 0.05) is 32.6 Å². The van der Waals surface area contributed by atoms with E-state index < -0.39 is 49.3 Å². The van der Waals surface area contributed by atoms with E-state index in [1.54, 1.807) is 0 Å². The van der Waals surface area contributed by atoms with Gasteiger partial charge in [-0.25, -0.2) is 0 Å². The molecule has 0 aliphatic carbocycles. The van der Waals surface area contributed by atoms with Crippen LogP contribution < -0.4 is 31.3 Å². The minimum Gasteiger partial charge on any atom is -0.492 e. The smallest absolute Gasteiger partial charge is 0.303 e. The Labute approximate surface area is 284 Å². The van der Waals surface area contributed by atoms with Crippen LogP contribution in [0, 0.1) is 0 Å². The highest BCUT2D eigenvalue weighted by molar-refractivity contribution is 5.81. The number of hydrogen-bond acceptors (Lipinski definition) is 13. The summed E-state index contributed by atoms with van der Waals surface area (Å²) in [7, 11) is 0. The molecule has 1 aliphatic rings. The molecule has 0 bridgehead atoms. The molecule has 1 aromatic rings. The molecule has 15 heteroatoms. The first-order chi connectivity index (χ1) is 23.3. The van der Waals surface area contributed by atoms with Crippen LogP contribution >= 0.6 is 0 Å². The SMILES string of the molecule is O=C(O)CCCCCNCCCNCCCCC(NCCNCCOc1ccccc1)C(=O)NCCO[C@H]1O[C@H](CO)[C@@H](O)[C@H](O)[C@@H]1O. The third kappa shape index (κ3) is 18.4. The third-order valence-corrected chi connectivity index (χ3v) is 7.88. The molecule has 15 nitrogen and oxygen atoms in total. The number of aliphatic hydroxyl groups excluding tert-OH is 4. The lowest BCUT2D eigenvalue weighted by atomic mass is 9.99. The molecule has 1 aromatic carbocycles. The van der Waals surface area contributed by atoms with Crippen molar-refractivity contribution < 1.29 is 49.3 Å². The van der Waals surface area contributed by atoms with E-state index in [-0.39, 0.29) is 25.5 Å². The minimum absolute atomic E-state index is 0.00633. The van der Waals surface area contributed by atoms with Crippen LogP contribution in [0.15, 0.2) is 30.3 Å². The van der Waals surface area contributed by atoms with Crippen molar-refractivity contribution in [1.29, 1.82) is 0 Å². The maximum Gasteiger partial charge on any atom is 0.303 e.